The maximum Gasteiger partial charge on any atom is 0.305 e. The van der Waals surface area contributed by atoms with Gasteiger partial charge in [-0.25, -0.2) is 8.42 Å². The Hall–Kier alpha value is -2.34. The van der Waals surface area contributed by atoms with Crippen molar-refractivity contribution in [1.29, 1.82) is 0 Å². The number of aromatic nitrogens is 3. The van der Waals surface area contributed by atoms with Gasteiger partial charge in [-0.15, -0.1) is 5.10 Å². The minimum absolute atomic E-state index is 0.00113. The molecule has 4 rings (SSSR count). The number of hydrogen-bond acceptors (Lipinski definition) is 8. The van der Waals surface area contributed by atoms with Crippen molar-refractivity contribution in [3.8, 4) is 0 Å². The number of benzene rings is 1. The van der Waals surface area contributed by atoms with E-state index in [1.807, 2.05) is 0 Å². The summed E-state index contributed by atoms with van der Waals surface area (Å²) in [5.74, 6) is -0.108. The number of piperazine rings is 1. The zero-order chi connectivity index (χ0) is 24.1. The summed E-state index contributed by atoms with van der Waals surface area (Å²) in [4.78, 5) is 16.0. The zero-order valence-corrected chi connectivity index (χ0v) is 20.8. The summed E-state index contributed by atoms with van der Waals surface area (Å²) in [7, 11) is -1.97. The van der Waals surface area contributed by atoms with Crippen LogP contribution in [0.4, 0.5) is 0 Å². The van der Waals surface area contributed by atoms with Crippen molar-refractivity contribution in [3.63, 3.8) is 0 Å². The largest absolute Gasteiger partial charge is 0.469 e. The van der Waals surface area contributed by atoms with Gasteiger partial charge in [-0.3, -0.25) is 19.3 Å². The molecule has 0 N–H and O–H groups in total. The lowest BCUT2D eigenvalue weighted by molar-refractivity contribution is -0.140. The SMILES string of the molecule is COC(=O)CCCn1cc(CN2CC(N3CCN(Cc4cccc(C)c4)CC3)CS2(=O)=O)nn1. The Morgan fingerprint density at radius 2 is 1.97 bits per heavy atom. The molecule has 0 amide bonds. The Morgan fingerprint density at radius 3 is 2.71 bits per heavy atom. The van der Waals surface area contributed by atoms with Gasteiger partial charge in [0.05, 0.1) is 25.1 Å². The molecule has 34 heavy (non-hydrogen) atoms. The predicted octanol–water partition coefficient (Wildman–Crippen LogP) is 0.872. The standard InChI is InChI=1S/C23H34N6O4S/c1-19-5-3-6-20(13-19)14-26-9-11-27(12-10-26)22-17-29(34(31,32)18-22)16-21-15-28(25-24-21)8-4-7-23(30)33-2/h3,5-6,13,15,22H,4,7-12,14,16-18H2,1-2H3. The zero-order valence-electron chi connectivity index (χ0n) is 20.0. The fourth-order valence-corrected chi connectivity index (χ4v) is 6.42. The number of methoxy groups -OCH3 is 1. The van der Waals surface area contributed by atoms with Crippen LogP contribution in [0.3, 0.4) is 0 Å². The molecule has 1 aromatic carbocycles. The second-order valence-electron chi connectivity index (χ2n) is 9.18. The summed E-state index contributed by atoms with van der Waals surface area (Å²) in [5.41, 5.74) is 3.21. The van der Waals surface area contributed by atoms with Crippen molar-refractivity contribution in [3.05, 3.63) is 47.3 Å². The minimum atomic E-state index is -3.33. The molecule has 0 bridgehead atoms. The molecule has 1 aromatic heterocycles. The molecule has 2 aliphatic rings. The van der Waals surface area contributed by atoms with Gasteiger partial charge < -0.3 is 4.74 Å². The fraction of sp³-hybridized carbons (Fsp3) is 0.609. The molecule has 1 atom stereocenters. The monoisotopic (exact) mass is 490 g/mol. The van der Waals surface area contributed by atoms with Gasteiger partial charge in [0.2, 0.25) is 10.0 Å². The second-order valence-corrected chi connectivity index (χ2v) is 11.2. The Morgan fingerprint density at radius 1 is 1.18 bits per heavy atom. The van der Waals surface area contributed by atoms with Gasteiger partial charge in [-0.2, -0.15) is 4.31 Å². The quantitative estimate of drug-likeness (QED) is 0.478. The maximum absolute atomic E-state index is 12.8. The van der Waals surface area contributed by atoms with Crippen molar-refractivity contribution in [2.24, 2.45) is 0 Å². The molecule has 2 saturated heterocycles. The van der Waals surface area contributed by atoms with E-state index in [4.69, 9.17) is 0 Å². The van der Waals surface area contributed by atoms with Gasteiger partial charge in [0.15, 0.2) is 0 Å². The van der Waals surface area contributed by atoms with E-state index in [1.165, 1.54) is 22.5 Å². The van der Waals surface area contributed by atoms with E-state index in [2.05, 4.69) is 56.0 Å². The molecule has 10 nitrogen and oxygen atoms in total. The summed E-state index contributed by atoms with van der Waals surface area (Å²) < 4.78 is 33.5. The number of nitrogens with zero attached hydrogens (tertiary/aromatic N) is 6. The first-order valence-electron chi connectivity index (χ1n) is 11.8. The van der Waals surface area contributed by atoms with Gasteiger partial charge >= 0.3 is 5.97 Å². The third-order valence-electron chi connectivity index (χ3n) is 6.54. The van der Waals surface area contributed by atoms with E-state index in [1.54, 1.807) is 10.9 Å². The number of ether oxygens (including phenoxy) is 1. The number of aryl methyl sites for hydroxylation is 2. The third kappa shape index (κ3) is 6.41. The minimum Gasteiger partial charge on any atom is -0.469 e. The van der Waals surface area contributed by atoms with Crippen LogP contribution in [0.15, 0.2) is 30.5 Å². The number of carbonyl (C=O) groups is 1. The van der Waals surface area contributed by atoms with Crippen molar-refractivity contribution >= 4 is 16.0 Å². The molecule has 0 radical (unpaired) electrons. The highest BCUT2D eigenvalue weighted by molar-refractivity contribution is 7.89. The average molecular weight is 491 g/mol. The summed E-state index contributed by atoms with van der Waals surface area (Å²) in [6.45, 7) is 7.89. The van der Waals surface area contributed by atoms with Crippen LogP contribution in [0.25, 0.3) is 0 Å². The van der Waals surface area contributed by atoms with Crippen LogP contribution in [0.5, 0.6) is 0 Å². The summed E-state index contributed by atoms with van der Waals surface area (Å²) in [6.07, 6.45) is 2.66. The first kappa shape index (κ1) is 24.8. The smallest absolute Gasteiger partial charge is 0.305 e. The summed E-state index contributed by atoms with van der Waals surface area (Å²) >= 11 is 0. The van der Waals surface area contributed by atoms with Crippen LogP contribution in [0.2, 0.25) is 0 Å². The van der Waals surface area contributed by atoms with Gasteiger partial charge in [0.1, 0.15) is 0 Å². The van der Waals surface area contributed by atoms with Gasteiger partial charge in [0, 0.05) is 64.5 Å². The van der Waals surface area contributed by atoms with Crippen LogP contribution in [-0.2, 0) is 39.2 Å². The van der Waals surface area contributed by atoms with Gasteiger partial charge in [-0.1, -0.05) is 35.0 Å². The molecular weight excluding hydrogens is 456 g/mol. The molecule has 0 saturated carbocycles. The third-order valence-corrected chi connectivity index (χ3v) is 8.41. The summed E-state index contributed by atoms with van der Waals surface area (Å²) in [6, 6.07) is 8.60. The van der Waals surface area contributed by atoms with E-state index >= 15 is 0 Å². The lowest BCUT2D eigenvalue weighted by atomic mass is 10.1. The van der Waals surface area contributed by atoms with E-state index in [0.29, 0.717) is 31.6 Å². The van der Waals surface area contributed by atoms with Crippen LogP contribution in [0.1, 0.15) is 29.7 Å². The molecule has 2 aromatic rings. The Balaban J connectivity index is 1.26. The van der Waals surface area contributed by atoms with Crippen molar-refractivity contribution < 1.29 is 17.9 Å². The summed E-state index contributed by atoms with van der Waals surface area (Å²) in [5, 5.41) is 8.19. The van der Waals surface area contributed by atoms with Crippen molar-refractivity contribution in [2.75, 3.05) is 45.6 Å². The lowest BCUT2D eigenvalue weighted by Crippen LogP contribution is -2.51. The second kappa shape index (κ2) is 10.9. The number of sulfonamides is 1. The molecule has 1 unspecified atom stereocenters. The van der Waals surface area contributed by atoms with E-state index in [0.717, 1.165) is 32.7 Å². The van der Waals surface area contributed by atoms with Crippen LogP contribution in [0, 0.1) is 6.92 Å². The first-order valence-corrected chi connectivity index (χ1v) is 13.4. The van der Waals surface area contributed by atoms with Gasteiger partial charge in [0.25, 0.3) is 0 Å². The molecule has 11 heteroatoms. The average Bonchev–Trinajstić information content (AvgIpc) is 3.37. The number of carbonyl (C=O) groups excluding carboxylic acids is 1. The Labute approximate surface area is 201 Å². The van der Waals surface area contributed by atoms with Gasteiger partial charge in [-0.05, 0) is 18.9 Å². The Bertz CT molecular complexity index is 1080. The molecule has 3 heterocycles. The number of esters is 1. The number of rotatable bonds is 9. The van der Waals surface area contributed by atoms with Crippen molar-refractivity contribution in [2.45, 2.75) is 45.4 Å². The topological polar surface area (TPSA) is 101 Å². The highest BCUT2D eigenvalue weighted by Gasteiger charge is 2.40. The molecule has 0 aliphatic carbocycles. The molecule has 186 valence electrons. The maximum atomic E-state index is 12.8. The molecular formula is C23H34N6O4S. The first-order chi connectivity index (χ1) is 16.3. The number of hydrogen-bond donors (Lipinski definition) is 0. The highest BCUT2D eigenvalue weighted by atomic mass is 32.2. The van der Waals surface area contributed by atoms with Crippen molar-refractivity contribution in [1.82, 2.24) is 29.1 Å². The van der Waals surface area contributed by atoms with Crippen LogP contribution >= 0.6 is 0 Å². The Kier molecular flexibility index (Phi) is 7.97. The predicted molar refractivity (Wildman–Crippen MR) is 127 cm³/mol. The normalized spacial score (nSPS) is 21.6. The molecule has 2 aliphatic heterocycles. The van der Waals surface area contributed by atoms with Crippen LogP contribution < -0.4 is 0 Å². The lowest BCUT2D eigenvalue weighted by Gasteiger charge is -2.37. The van der Waals surface area contributed by atoms with E-state index < -0.39 is 10.0 Å². The highest BCUT2D eigenvalue weighted by Crippen LogP contribution is 2.22. The van der Waals surface area contributed by atoms with E-state index in [9.17, 15) is 13.2 Å². The van der Waals surface area contributed by atoms with Crippen LogP contribution in [-0.4, -0.2) is 95.1 Å². The molecule has 0 spiro atoms. The van der Waals surface area contributed by atoms with E-state index in [-0.39, 0.29) is 24.3 Å². The molecule has 2 fully saturated rings. The fourth-order valence-electron chi connectivity index (χ4n) is 4.68.